The zero-order valence-electron chi connectivity index (χ0n) is 15.7. The number of carbonyl (C=O) groups excluding carboxylic acids is 2. The number of hydrogen-bond acceptors (Lipinski definition) is 4. The number of rotatable bonds is 4. The topological polar surface area (TPSA) is 71.0 Å². The molecule has 140 valence electrons. The molecule has 2 aliphatic heterocycles. The molecule has 2 heterocycles. The van der Waals surface area contributed by atoms with Gasteiger partial charge in [-0.2, -0.15) is 0 Å². The summed E-state index contributed by atoms with van der Waals surface area (Å²) in [6.45, 7) is 6.87. The lowest BCUT2D eigenvalue weighted by Crippen LogP contribution is -2.51. The molecule has 0 radical (unpaired) electrons. The second kappa shape index (κ2) is 7.48. The molecule has 6 heteroatoms. The summed E-state index contributed by atoms with van der Waals surface area (Å²) in [4.78, 5) is 32.5. The minimum absolute atomic E-state index is 0.0186. The molecule has 2 amide bonds. The van der Waals surface area contributed by atoms with E-state index in [1.54, 1.807) is 6.92 Å². The van der Waals surface area contributed by atoms with E-state index in [0.29, 0.717) is 32.4 Å². The Morgan fingerprint density at radius 2 is 1.88 bits per heavy atom. The molecule has 1 unspecified atom stereocenters. The van der Waals surface area contributed by atoms with Crippen LogP contribution in [0.15, 0.2) is 35.5 Å². The summed E-state index contributed by atoms with van der Waals surface area (Å²) in [6.07, 6.45) is 1.84. The Morgan fingerprint density at radius 1 is 1.23 bits per heavy atom. The number of piperidine rings is 1. The lowest BCUT2D eigenvalue weighted by molar-refractivity contribution is -0.155. The lowest BCUT2D eigenvalue weighted by atomic mass is 9.91. The first-order valence-corrected chi connectivity index (χ1v) is 9.29. The van der Waals surface area contributed by atoms with Gasteiger partial charge in [0.25, 0.3) is 5.91 Å². The van der Waals surface area contributed by atoms with E-state index in [0.717, 1.165) is 11.3 Å². The summed E-state index contributed by atoms with van der Waals surface area (Å²) in [5.41, 5.74) is 0.818. The summed E-state index contributed by atoms with van der Waals surface area (Å²) < 4.78 is 0. The van der Waals surface area contributed by atoms with Gasteiger partial charge in [0.1, 0.15) is 0 Å². The van der Waals surface area contributed by atoms with E-state index in [-0.39, 0.29) is 23.8 Å². The van der Waals surface area contributed by atoms with Gasteiger partial charge in [-0.3, -0.25) is 9.59 Å². The molecule has 3 rings (SSSR count). The normalized spacial score (nSPS) is 23.5. The monoisotopic (exact) mass is 357 g/mol. The molecule has 1 saturated heterocycles. The van der Waals surface area contributed by atoms with Crippen LogP contribution in [0, 0.1) is 5.92 Å². The van der Waals surface area contributed by atoms with E-state index < -0.39 is 5.60 Å². The molecule has 1 aromatic rings. The number of hydrogen-bond donors (Lipinski definition) is 1. The maximum absolute atomic E-state index is 13.0. The van der Waals surface area contributed by atoms with Gasteiger partial charge < -0.3 is 15.1 Å². The Hall–Kier alpha value is -2.37. The maximum atomic E-state index is 13.0. The Kier molecular flexibility index (Phi) is 5.30. The molecule has 6 nitrogen and oxygen atoms in total. The molecule has 0 saturated carbocycles. The van der Waals surface area contributed by atoms with Gasteiger partial charge in [0, 0.05) is 31.5 Å². The van der Waals surface area contributed by atoms with Crippen molar-refractivity contribution in [2.45, 2.75) is 51.7 Å². The van der Waals surface area contributed by atoms with Crippen LogP contribution in [0.5, 0.6) is 0 Å². The summed E-state index contributed by atoms with van der Waals surface area (Å²) in [5.74, 6) is 0.0231. The molecular weight excluding hydrogens is 330 g/mol. The quantitative estimate of drug-likeness (QED) is 0.899. The van der Waals surface area contributed by atoms with Gasteiger partial charge >= 0.3 is 0 Å². The van der Waals surface area contributed by atoms with Crippen LogP contribution in [0.1, 0.15) is 45.6 Å². The largest absolute Gasteiger partial charge is 0.379 e. The fourth-order valence-corrected chi connectivity index (χ4v) is 3.52. The van der Waals surface area contributed by atoms with Crippen molar-refractivity contribution in [3.05, 3.63) is 35.9 Å². The van der Waals surface area contributed by atoms with Crippen LogP contribution < -0.4 is 5.32 Å². The predicted molar refractivity (Wildman–Crippen MR) is 99.7 cm³/mol. The van der Waals surface area contributed by atoms with Crippen molar-refractivity contribution in [3.8, 4) is 0 Å². The summed E-state index contributed by atoms with van der Waals surface area (Å²) in [5, 5.41) is 7.11. The Bertz CT molecular complexity index is 694. The van der Waals surface area contributed by atoms with Gasteiger partial charge in [-0.25, -0.2) is 0 Å². The Balaban J connectivity index is 1.57. The van der Waals surface area contributed by atoms with Crippen molar-refractivity contribution in [2.75, 3.05) is 13.1 Å². The number of oxime groups is 1. The molecule has 1 N–H and O–H groups in total. The van der Waals surface area contributed by atoms with Gasteiger partial charge in [0.2, 0.25) is 11.5 Å². The second-order valence-corrected chi connectivity index (χ2v) is 7.63. The molecular formula is C20H27N3O3. The van der Waals surface area contributed by atoms with Crippen molar-refractivity contribution < 1.29 is 14.4 Å². The molecule has 1 atom stereocenters. The summed E-state index contributed by atoms with van der Waals surface area (Å²) in [6, 6.07) is 9.92. The van der Waals surface area contributed by atoms with Gasteiger partial charge in [-0.05, 0) is 39.2 Å². The van der Waals surface area contributed by atoms with Gasteiger partial charge in [-0.15, -0.1) is 0 Å². The van der Waals surface area contributed by atoms with E-state index >= 15 is 0 Å². The fourth-order valence-electron chi connectivity index (χ4n) is 3.52. The minimum Gasteiger partial charge on any atom is -0.379 e. The zero-order valence-corrected chi connectivity index (χ0v) is 15.7. The number of likely N-dealkylation sites (tertiary alicyclic amines) is 1. The van der Waals surface area contributed by atoms with E-state index in [1.807, 2.05) is 49.1 Å². The third kappa shape index (κ3) is 3.89. The molecule has 0 aromatic heterocycles. The number of nitrogens with one attached hydrogen (secondary N) is 1. The standard InChI is InChI=1S/C20H27N3O3/c1-14(2)21-18(24)16-9-11-23(12-10-16)19(25)20(3)13-17(22-26-20)15-7-5-4-6-8-15/h4-8,14,16H,9-13H2,1-3H3,(H,21,24). The molecule has 1 aromatic carbocycles. The van der Waals surface area contributed by atoms with Crippen molar-refractivity contribution in [1.29, 1.82) is 0 Å². The number of amides is 2. The number of carbonyl (C=O) groups is 2. The molecule has 1 fully saturated rings. The van der Waals surface area contributed by atoms with Crippen molar-refractivity contribution in [2.24, 2.45) is 11.1 Å². The average Bonchev–Trinajstić information content (AvgIpc) is 3.05. The third-order valence-corrected chi connectivity index (χ3v) is 5.01. The maximum Gasteiger partial charge on any atom is 0.269 e. The van der Waals surface area contributed by atoms with Gasteiger partial charge in [0.15, 0.2) is 0 Å². The van der Waals surface area contributed by atoms with Crippen molar-refractivity contribution in [3.63, 3.8) is 0 Å². The van der Waals surface area contributed by atoms with E-state index in [4.69, 9.17) is 4.84 Å². The van der Waals surface area contributed by atoms with Crippen LogP contribution >= 0.6 is 0 Å². The van der Waals surface area contributed by atoms with Crippen molar-refractivity contribution in [1.82, 2.24) is 10.2 Å². The third-order valence-electron chi connectivity index (χ3n) is 5.01. The Morgan fingerprint density at radius 3 is 2.50 bits per heavy atom. The lowest BCUT2D eigenvalue weighted by Gasteiger charge is -2.35. The molecule has 0 aliphatic carbocycles. The molecule has 2 aliphatic rings. The molecule has 0 bridgehead atoms. The van der Waals surface area contributed by atoms with E-state index in [1.165, 1.54) is 0 Å². The number of benzene rings is 1. The summed E-state index contributed by atoms with van der Waals surface area (Å²) >= 11 is 0. The first-order chi connectivity index (χ1) is 12.4. The first-order valence-electron chi connectivity index (χ1n) is 9.29. The highest BCUT2D eigenvalue weighted by Gasteiger charge is 2.45. The number of nitrogens with zero attached hydrogens (tertiary/aromatic N) is 2. The van der Waals surface area contributed by atoms with Crippen LogP contribution in [0.25, 0.3) is 0 Å². The van der Waals surface area contributed by atoms with Gasteiger partial charge in [0.05, 0.1) is 5.71 Å². The predicted octanol–water partition coefficient (Wildman–Crippen LogP) is 2.33. The average molecular weight is 357 g/mol. The van der Waals surface area contributed by atoms with E-state index in [9.17, 15) is 9.59 Å². The van der Waals surface area contributed by atoms with Crippen LogP contribution in [0.4, 0.5) is 0 Å². The first kappa shape index (κ1) is 18.4. The highest BCUT2D eigenvalue weighted by Crippen LogP contribution is 2.30. The highest BCUT2D eigenvalue weighted by molar-refractivity contribution is 6.05. The molecule has 0 spiro atoms. The minimum atomic E-state index is -0.960. The zero-order chi connectivity index (χ0) is 18.7. The summed E-state index contributed by atoms with van der Waals surface area (Å²) in [7, 11) is 0. The smallest absolute Gasteiger partial charge is 0.269 e. The van der Waals surface area contributed by atoms with Crippen LogP contribution in [-0.4, -0.2) is 47.2 Å². The van der Waals surface area contributed by atoms with E-state index in [2.05, 4.69) is 10.5 Å². The Labute approximate surface area is 154 Å². The molecule has 26 heavy (non-hydrogen) atoms. The highest BCUT2D eigenvalue weighted by atomic mass is 16.7. The fraction of sp³-hybridized carbons (Fsp3) is 0.550. The van der Waals surface area contributed by atoms with Crippen LogP contribution in [-0.2, 0) is 14.4 Å². The van der Waals surface area contributed by atoms with Crippen LogP contribution in [0.2, 0.25) is 0 Å². The second-order valence-electron chi connectivity index (χ2n) is 7.63. The van der Waals surface area contributed by atoms with Gasteiger partial charge in [-0.1, -0.05) is 35.5 Å². The van der Waals surface area contributed by atoms with Crippen molar-refractivity contribution >= 4 is 17.5 Å². The van der Waals surface area contributed by atoms with Crippen LogP contribution in [0.3, 0.4) is 0 Å². The SMILES string of the molecule is CC(C)NC(=O)C1CCN(C(=O)C2(C)CC(c3ccccc3)=NO2)CC1.